The van der Waals surface area contributed by atoms with Crippen LogP contribution in [0.1, 0.15) is 19.4 Å². The molecule has 0 aliphatic carbocycles. The highest BCUT2D eigenvalue weighted by atomic mass is 19.2. The van der Waals surface area contributed by atoms with Crippen LogP contribution in [0.5, 0.6) is 5.75 Å². The maximum atomic E-state index is 12.7. The van der Waals surface area contributed by atoms with Gasteiger partial charge in [0.05, 0.1) is 5.56 Å². The van der Waals surface area contributed by atoms with Gasteiger partial charge in [-0.3, -0.25) is 0 Å². The van der Waals surface area contributed by atoms with Crippen molar-refractivity contribution < 1.29 is 18.3 Å². The third-order valence-corrected chi connectivity index (χ3v) is 3.31. The first kappa shape index (κ1) is 18.5. The molecule has 0 radical (unpaired) electrons. The number of para-hydroxylation sites is 1. The van der Waals surface area contributed by atoms with Gasteiger partial charge in [0.25, 0.3) is 0 Å². The lowest BCUT2D eigenvalue weighted by atomic mass is 10.1. The van der Waals surface area contributed by atoms with Gasteiger partial charge in [0.15, 0.2) is 6.21 Å². The molecular formula is C19H20BF2N2O+. The van der Waals surface area contributed by atoms with Crippen LogP contribution >= 0.6 is 0 Å². The molecule has 6 heteroatoms. The molecule has 0 unspecified atom stereocenters. The zero-order valence-electron chi connectivity index (χ0n) is 14.2. The van der Waals surface area contributed by atoms with Gasteiger partial charge in [0.2, 0.25) is 5.69 Å². The molecule has 1 heterocycles. The summed E-state index contributed by atoms with van der Waals surface area (Å²) in [6.07, 6.45) is 3.42. The second kappa shape index (κ2) is 9.42. The van der Waals surface area contributed by atoms with E-state index in [0.717, 1.165) is 16.9 Å². The topological polar surface area (TPSA) is 39.0 Å². The summed E-state index contributed by atoms with van der Waals surface area (Å²) in [5.41, 5.74) is 3.03. The monoisotopic (exact) mass is 341 g/mol. The number of hydrogen-bond donors (Lipinski definition) is 2. The Kier molecular flexibility index (Phi) is 6.95. The molecule has 0 spiro atoms. The number of nitrogens with one attached hydrogen (secondary N) is 2. The van der Waals surface area contributed by atoms with Gasteiger partial charge in [-0.05, 0) is 24.3 Å². The fraction of sp³-hybridized carbons (Fsp3) is 0.105. The van der Waals surface area contributed by atoms with Crippen LogP contribution in [0.25, 0.3) is 11.3 Å². The molecule has 0 atom stereocenters. The highest BCUT2D eigenvalue weighted by Gasteiger charge is 2.20. The Balaban J connectivity index is 0.00000109. The highest BCUT2D eigenvalue weighted by Crippen LogP contribution is 2.26. The molecule has 3 nitrogen and oxygen atoms in total. The van der Waals surface area contributed by atoms with E-state index in [4.69, 9.17) is 0 Å². The third-order valence-electron chi connectivity index (χ3n) is 3.31. The van der Waals surface area contributed by atoms with Crippen molar-refractivity contribution in [3.63, 3.8) is 0 Å². The van der Waals surface area contributed by atoms with Crippen LogP contribution in [-0.2, 0) is 0 Å². The number of rotatable bonds is 5. The first-order valence-electron chi connectivity index (χ1n) is 8.10. The molecule has 1 aromatic heterocycles. The van der Waals surface area contributed by atoms with Gasteiger partial charge in [-0.15, -0.1) is 0 Å². The average Bonchev–Trinajstić information content (AvgIpc) is 3.17. The number of aromatic amines is 1. The van der Waals surface area contributed by atoms with E-state index in [1.807, 2.05) is 62.4 Å². The summed E-state index contributed by atoms with van der Waals surface area (Å²) in [6, 6.07) is 18.4. The van der Waals surface area contributed by atoms with Crippen molar-refractivity contribution in [3.8, 4) is 17.0 Å². The SMILES string of the molecule is CC.FB(F)Oc1cc(-c2ccc[nH]2)ccc1C=[NH+]c1ccccc1. The van der Waals surface area contributed by atoms with Gasteiger partial charge < -0.3 is 9.64 Å². The standard InChI is InChI=1S/C17H13BF2N2O.C2H6/c19-18(20)23-17-11-13(16-7-4-10-21-16)8-9-14(17)12-22-15-5-2-1-3-6-15;1-2/h1-12,21H;1-2H3/p+1. The van der Waals surface area contributed by atoms with E-state index in [0.29, 0.717) is 5.56 Å². The van der Waals surface area contributed by atoms with Crippen LogP contribution in [0.2, 0.25) is 0 Å². The first-order chi connectivity index (χ1) is 12.2. The molecule has 0 saturated heterocycles. The number of hydrogen-bond acceptors (Lipinski definition) is 1. The highest BCUT2D eigenvalue weighted by molar-refractivity contribution is 6.35. The Morgan fingerprint density at radius 3 is 2.40 bits per heavy atom. The van der Waals surface area contributed by atoms with Gasteiger partial charge in [0.1, 0.15) is 5.75 Å². The van der Waals surface area contributed by atoms with Crippen LogP contribution in [0, 0.1) is 0 Å². The number of halogens is 2. The minimum absolute atomic E-state index is 0.121. The molecule has 25 heavy (non-hydrogen) atoms. The number of aromatic nitrogens is 1. The normalized spacial score (nSPS) is 10.2. The minimum atomic E-state index is -2.88. The summed E-state index contributed by atoms with van der Waals surface area (Å²) < 4.78 is 30.0. The molecule has 2 aromatic carbocycles. The van der Waals surface area contributed by atoms with E-state index in [2.05, 4.69) is 14.6 Å². The molecular weight excluding hydrogens is 321 g/mol. The van der Waals surface area contributed by atoms with Crippen molar-refractivity contribution in [2.45, 2.75) is 13.8 Å². The van der Waals surface area contributed by atoms with Crippen molar-refractivity contribution in [1.82, 2.24) is 4.98 Å². The zero-order valence-corrected chi connectivity index (χ0v) is 14.2. The molecule has 0 aliphatic heterocycles. The third kappa shape index (κ3) is 5.31. The van der Waals surface area contributed by atoms with Gasteiger partial charge in [-0.1, -0.05) is 38.1 Å². The second-order valence-electron chi connectivity index (χ2n) is 4.87. The fourth-order valence-electron chi connectivity index (χ4n) is 2.22. The van der Waals surface area contributed by atoms with Crippen molar-refractivity contribution >= 4 is 19.4 Å². The predicted octanol–water partition coefficient (Wildman–Crippen LogP) is 3.84. The Labute approximate surface area is 146 Å². The van der Waals surface area contributed by atoms with Crippen molar-refractivity contribution in [2.75, 3.05) is 0 Å². The molecule has 3 aromatic rings. The molecule has 0 amide bonds. The van der Waals surface area contributed by atoms with Crippen molar-refractivity contribution in [1.29, 1.82) is 0 Å². The van der Waals surface area contributed by atoms with Gasteiger partial charge >= 0.3 is 7.47 Å². The molecule has 0 fully saturated rings. The van der Waals surface area contributed by atoms with Crippen molar-refractivity contribution in [2.24, 2.45) is 0 Å². The zero-order chi connectivity index (χ0) is 18.1. The second-order valence-corrected chi connectivity index (χ2v) is 4.87. The summed E-state index contributed by atoms with van der Waals surface area (Å²) in [6.45, 7) is 4.00. The van der Waals surface area contributed by atoms with Crippen LogP contribution < -0.4 is 9.65 Å². The van der Waals surface area contributed by atoms with E-state index in [1.54, 1.807) is 24.5 Å². The molecule has 0 aliphatic rings. The quantitative estimate of drug-likeness (QED) is 0.537. The Morgan fingerprint density at radius 1 is 1.00 bits per heavy atom. The molecule has 3 rings (SSSR count). The molecule has 128 valence electrons. The lowest BCUT2D eigenvalue weighted by molar-refractivity contribution is -0.346. The number of benzene rings is 2. The Morgan fingerprint density at radius 2 is 1.76 bits per heavy atom. The Hall–Kier alpha value is -2.89. The van der Waals surface area contributed by atoms with Crippen LogP contribution in [-0.4, -0.2) is 18.7 Å². The smallest absolute Gasteiger partial charge is 0.504 e. The van der Waals surface area contributed by atoms with Crippen LogP contribution in [0.15, 0.2) is 66.9 Å². The lowest BCUT2D eigenvalue weighted by Crippen LogP contribution is -2.61. The van der Waals surface area contributed by atoms with Crippen LogP contribution in [0.3, 0.4) is 0 Å². The van der Waals surface area contributed by atoms with Gasteiger partial charge in [-0.25, -0.2) is 13.6 Å². The lowest BCUT2D eigenvalue weighted by Gasteiger charge is -2.07. The minimum Gasteiger partial charge on any atom is -0.504 e. The van der Waals surface area contributed by atoms with E-state index < -0.39 is 7.47 Å². The maximum Gasteiger partial charge on any atom is 0.796 e. The summed E-state index contributed by atoms with van der Waals surface area (Å²) in [5, 5.41) is 0. The Bertz CT molecular complexity index is 790. The first-order valence-corrected chi connectivity index (χ1v) is 8.10. The summed E-state index contributed by atoms with van der Waals surface area (Å²) in [7, 11) is -2.88. The van der Waals surface area contributed by atoms with Gasteiger partial charge in [-0.2, -0.15) is 0 Å². The number of H-pyrrole nitrogens is 1. The van der Waals surface area contributed by atoms with E-state index >= 15 is 0 Å². The van der Waals surface area contributed by atoms with Crippen molar-refractivity contribution in [3.05, 3.63) is 72.4 Å². The van der Waals surface area contributed by atoms with Gasteiger partial charge in [0, 0.05) is 29.6 Å². The fourth-order valence-corrected chi connectivity index (χ4v) is 2.22. The summed E-state index contributed by atoms with van der Waals surface area (Å²) in [4.78, 5) is 6.11. The average molecular weight is 341 g/mol. The van der Waals surface area contributed by atoms with E-state index in [9.17, 15) is 8.63 Å². The van der Waals surface area contributed by atoms with E-state index in [1.165, 1.54) is 0 Å². The molecule has 2 N–H and O–H groups in total. The van der Waals surface area contributed by atoms with E-state index in [-0.39, 0.29) is 5.75 Å². The summed E-state index contributed by atoms with van der Waals surface area (Å²) in [5.74, 6) is 0.121. The van der Waals surface area contributed by atoms with Crippen LogP contribution in [0.4, 0.5) is 14.3 Å². The molecule has 0 bridgehead atoms. The molecule has 0 saturated carbocycles. The summed E-state index contributed by atoms with van der Waals surface area (Å²) >= 11 is 0. The maximum absolute atomic E-state index is 12.7. The largest absolute Gasteiger partial charge is 0.796 e. The predicted molar refractivity (Wildman–Crippen MR) is 98.4 cm³/mol.